The molecule has 2 N–H and O–H groups in total. The third kappa shape index (κ3) is 4.78. The van der Waals surface area contributed by atoms with E-state index in [-0.39, 0.29) is 10.8 Å². The molecular weight excluding hydrogens is 414 g/mol. The van der Waals surface area contributed by atoms with Crippen molar-refractivity contribution in [1.29, 1.82) is 0 Å². The van der Waals surface area contributed by atoms with E-state index in [0.29, 0.717) is 33.4 Å². The first-order valence-electron chi connectivity index (χ1n) is 8.83. The Bertz CT molecular complexity index is 1140. The second-order valence-electron chi connectivity index (χ2n) is 6.76. The Morgan fingerprint density at radius 1 is 1.10 bits per heavy atom. The third-order valence-corrected chi connectivity index (χ3v) is 5.77. The van der Waals surface area contributed by atoms with Gasteiger partial charge in [0.15, 0.2) is 5.76 Å². The van der Waals surface area contributed by atoms with Gasteiger partial charge in [-0.3, -0.25) is 9.52 Å². The van der Waals surface area contributed by atoms with Gasteiger partial charge in [-0.1, -0.05) is 36.7 Å². The van der Waals surface area contributed by atoms with Crippen LogP contribution in [0.1, 0.15) is 41.6 Å². The molecule has 0 aliphatic carbocycles. The Labute approximate surface area is 174 Å². The zero-order chi connectivity index (χ0) is 21.2. The minimum absolute atomic E-state index is 0.0105. The summed E-state index contributed by atoms with van der Waals surface area (Å²) in [5, 5.41) is 7.08. The predicted octanol–water partition coefficient (Wildman–Crippen LogP) is 4.81. The van der Waals surface area contributed by atoms with Crippen LogP contribution in [0.5, 0.6) is 0 Å². The van der Waals surface area contributed by atoms with Gasteiger partial charge in [0.25, 0.3) is 15.9 Å². The van der Waals surface area contributed by atoms with Gasteiger partial charge in [0.1, 0.15) is 5.56 Å². The Morgan fingerprint density at radius 3 is 2.45 bits per heavy atom. The highest BCUT2D eigenvalue weighted by Crippen LogP contribution is 2.25. The van der Waals surface area contributed by atoms with E-state index in [2.05, 4.69) is 15.2 Å². The number of nitrogens with one attached hydrogen (secondary N) is 2. The average molecular weight is 434 g/mol. The Balaban J connectivity index is 1.83. The molecule has 0 aliphatic heterocycles. The summed E-state index contributed by atoms with van der Waals surface area (Å²) in [7, 11) is -3.84. The van der Waals surface area contributed by atoms with Gasteiger partial charge < -0.3 is 9.84 Å². The highest BCUT2D eigenvalue weighted by Gasteiger charge is 2.23. The summed E-state index contributed by atoms with van der Waals surface area (Å²) in [6.45, 7) is 5.47. The number of benzene rings is 2. The molecule has 3 aromatic rings. The van der Waals surface area contributed by atoms with Crippen LogP contribution < -0.4 is 10.0 Å². The maximum absolute atomic E-state index is 12.7. The number of aromatic nitrogens is 1. The zero-order valence-corrected chi connectivity index (χ0v) is 17.6. The summed E-state index contributed by atoms with van der Waals surface area (Å²) in [6, 6.07) is 12.3. The number of anilines is 2. The van der Waals surface area contributed by atoms with Gasteiger partial charge in [-0.25, -0.2) is 8.42 Å². The van der Waals surface area contributed by atoms with E-state index < -0.39 is 15.9 Å². The maximum Gasteiger partial charge on any atom is 0.261 e. The molecular formula is C20H20ClN3O4S. The van der Waals surface area contributed by atoms with E-state index in [1.807, 2.05) is 13.8 Å². The number of amides is 1. The molecule has 0 atom stereocenters. The molecule has 0 unspecified atom stereocenters. The number of carbonyl (C=O) groups excluding carboxylic acids is 1. The van der Waals surface area contributed by atoms with E-state index in [4.69, 9.17) is 16.1 Å². The summed E-state index contributed by atoms with van der Waals surface area (Å²) < 4.78 is 33.1. The van der Waals surface area contributed by atoms with Crippen molar-refractivity contribution in [3.8, 4) is 0 Å². The van der Waals surface area contributed by atoms with Crippen LogP contribution in [0, 0.1) is 6.92 Å². The molecule has 1 aromatic heterocycles. The quantitative estimate of drug-likeness (QED) is 0.580. The number of hydrogen-bond donors (Lipinski definition) is 2. The second kappa shape index (κ2) is 8.26. The van der Waals surface area contributed by atoms with Crippen molar-refractivity contribution < 1.29 is 17.7 Å². The smallest absolute Gasteiger partial charge is 0.261 e. The number of halogens is 1. The van der Waals surface area contributed by atoms with Crippen LogP contribution in [0.4, 0.5) is 11.4 Å². The number of hydrogen-bond acceptors (Lipinski definition) is 5. The van der Waals surface area contributed by atoms with Gasteiger partial charge >= 0.3 is 0 Å². The Morgan fingerprint density at radius 2 is 1.79 bits per heavy atom. The summed E-state index contributed by atoms with van der Waals surface area (Å²) in [4.78, 5) is 12.7. The largest absolute Gasteiger partial charge is 0.360 e. The number of nitrogens with zero attached hydrogens (tertiary/aromatic N) is 1. The zero-order valence-electron chi connectivity index (χ0n) is 16.1. The molecule has 0 fully saturated rings. The number of rotatable bonds is 6. The standard InChI is InChI=1S/C20H20ClN3O4S/c1-12(2)19-18(13(3)23-28-19)20(25)22-16-5-4-6-17(11-16)29(26,27)24-15-9-7-14(21)8-10-15/h4-12,24H,1-3H3,(H,22,25). The molecule has 0 bridgehead atoms. The van der Waals surface area contributed by atoms with Crippen molar-refractivity contribution in [2.75, 3.05) is 10.0 Å². The lowest BCUT2D eigenvalue weighted by atomic mass is 10.0. The van der Waals surface area contributed by atoms with Gasteiger partial charge in [-0.05, 0) is 49.4 Å². The minimum Gasteiger partial charge on any atom is -0.360 e. The van der Waals surface area contributed by atoms with Crippen LogP contribution in [0.25, 0.3) is 0 Å². The summed E-state index contributed by atoms with van der Waals surface area (Å²) in [5.41, 5.74) is 1.54. The molecule has 29 heavy (non-hydrogen) atoms. The molecule has 0 saturated carbocycles. The van der Waals surface area contributed by atoms with Crippen molar-refractivity contribution in [3.63, 3.8) is 0 Å². The summed E-state index contributed by atoms with van der Waals surface area (Å²) in [5.74, 6) is 0.0491. The first-order chi connectivity index (χ1) is 13.7. The van der Waals surface area contributed by atoms with Crippen molar-refractivity contribution in [2.45, 2.75) is 31.6 Å². The van der Waals surface area contributed by atoms with Crippen LogP contribution in [0.3, 0.4) is 0 Å². The molecule has 0 radical (unpaired) electrons. The van der Waals surface area contributed by atoms with E-state index >= 15 is 0 Å². The van der Waals surface area contributed by atoms with Crippen LogP contribution >= 0.6 is 11.6 Å². The highest BCUT2D eigenvalue weighted by atomic mass is 35.5. The molecule has 1 amide bonds. The first kappa shape index (κ1) is 20.9. The van der Waals surface area contributed by atoms with Crippen molar-refractivity contribution >= 4 is 38.9 Å². The molecule has 7 nitrogen and oxygen atoms in total. The van der Waals surface area contributed by atoms with Crippen molar-refractivity contribution in [2.24, 2.45) is 0 Å². The van der Waals surface area contributed by atoms with Gasteiger partial charge in [-0.15, -0.1) is 0 Å². The molecule has 1 heterocycles. The lowest BCUT2D eigenvalue weighted by Gasteiger charge is -2.11. The summed E-state index contributed by atoms with van der Waals surface area (Å²) in [6.07, 6.45) is 0. The molecule has 0 aliphatic rings. The Kier molecular flexibility index (Phi) is 5.95. The van der Waals surface area contributed by atoms with Crippen LogP contribution in [0.2, 0.25) is 5.02 Å². The molecule has 152 valence electrons. The monoisotopic (exact) mass is 433 g/mol. The van der Waals surface area contributed by atoms with Crippen molar-refractivity contribution in [3.05, 3.63) is 70.6 Å². The topological polar surface area (TPSA) is 101 Å². The van der Waals surface area contributed by atoms with Crippen LogP contribution in [-0.4, -0.2) is 19.5 Å². The maximum atomic E-state index is 12.7. The molecule has 3 rings (SSSR count). The van der Waals surface area contributed by atoms with E-state index in [9.17, 15) is 13.2 Å². The SMILES string of the molecule is Cc1noc(C(C)C)c1C(=O)Nc1cccc(S(=O)(=O)Nc2ccc(Cl)cc2)c1. The summed E-state index contributed by atoms with van der Waals surface area (Å²) >= 11 is 5.82. The Hall–Kier alpha value is -2.84. The fourth-order valence-electron chi connectivity index (χ4n) is 2.72. The van der Waals surface area contributed by atoms with Crippen LogP contribution in [-0.2, 0) is 10.0 Å². The normalized spacial score (nSPS) is 11.5. The second-order valence-corrected chi connectivity index (χ2v) is 8.88. The first-order valence-corrected chi connectivity index (χ1v) is 10.7. The van der Waals surface area contributed by atoms with E-state index in [0.717, 1.165) is 0 Å². The third-order valence-electron chi connectivity index (χ3n) is 4.14. The predicted molar refractivity (Wildman–Crippen MR) is 112 cm³/mol. The van der Waals surface area contributed by atoms with Gasteiger partial charge in [0.2, 0.25) is 0 Å². The fraction of sp³-hybridized carbons (Fsp3) is 0.200. The van der Waals surface area contributed by atoms with Gasteiger partial charge in [0, 0.05) is 22.3 Å². The fourth-order valence-corrected chi connectivity index (χ4v) is 3.95. The van der Waals surface area contributed by atoms with Gasteiger partial charge in [0.05, 0.1) is 10.6 Å². The average Bonchev–Trinajstić information content (AvgIpc) is 3.06. The van der Waals surface area contributed by atoms with Crippen molar-refractivity contribution in [1.82, 2.24) is 5.16 Å². The lowest BCUT2D eigenvalue weighted by molar-refractivity contribution is 0.102. The minimum atomic E-state index is -3.84. The molecule has 2 aromatic carbocycles. The molecule has 0 saturated heterocycles. The number of carbonyl (C=O) groups is 1. The highest BCUT2D eigenvalue weighted by molar-refractivity contribution is 7.92. The lowest BCUT2D eigenvalue weighted by Crippen LogP contribution is -2.16. The number of sulfonamides is 1. The van der Waals surface area contributed by atoms with E-state index in [1.54, 1.807) is 43.3 Å². The van der Waals surface area contributed by atoms with Crippen LogP contribution in [0.15, 0.2) is 57.9 Å². The number of aryl methyl sites for hydroxylation is 1. The van der Waals surface area contributed by atoms with E-state index in [1.165, 1.54) is 12.1 Å². The molecule has 0 spiro atoms. The molecule has 9 heteroatoms. The van der Waals surface area contributed by atoms with Gasteiger partial charge in [-0.2, -0.15) is 0 Å².